The van der Waals surface area contributed by atoms with Crippen LogP contribution in [0, 0.1) is 0 Å². The second-order valence-electron chi connectivity index (χ2n) is 8.09. The molecule has 3 rings (SSSR count). The van der Waals surface area contributed by atoms with E-state index in [2.05, 4.69) is 16.9 Å². The summed E-state index contributed by atoms with van der Waals surface area (Å²) in [5.41, 5.74) is 1.57. The highest BCUT2D eigenvalue weighted by Gasteiger charge is 2.30. The highest BCUT2D eigenvalue weighted by atomic mass is 32.1. The normalized spacial score (nSPS) is 14.8. The fourth-order valence-corrected chi connectivity index (χ4v) is 4.42. The maximum Gasteiger partial charge on any atom is 0.342 e. The Morgan fingerprint density at radius 2 is 2.14 bits per heavy atom. The fourth-order valence-electron chi connectivity index (χ4n) is 3.16. The Hall–Kier alpha value is -2.38. The van der Waals surface area contributed by atoms with Gasteiger partial charge in [-0.25, -0.2) is 9.79 Å². The van der Waals surface area contributed by atoms with Crippen molar-refractivity contribution in [2.75, 3.05) is 20.2 Å². The number of ether oxygens (including phenoxy) is 2. The molecular weight excluding hydrogens is 388 g/mol. The van der Waals surface area contributed by atoms with Gasteiger partial charge in [0.25, 0.3) is 0 Å². The van der Waals surface area contributed by atoms with Crippen molar-refractivity contribution in [3.63, 3.8) is 0 Å². The van der Waals surface area contributed by atoms with Gasteiger partial charge in [-0.3, -0.25) is 0 Å². The summed E-state index contributed by atoms with van der Waals surface area (Å²) in [7, 11) is 2.07. The molecule has 0 unspecified atom stereocenters. The Balaban J connectivity index is 1.96. The van der Waals surface area contributed by atoms with E-state index in [1.807, 2.05) is 27.7 Å². The molecular formula is C22H28N2O4S. The van der Waals surface area contributed by atoms with Crippen molar-refractivity contribution in [1.29, 1.82) is 0 Å². The summed E-state index contributed by atoms with van der Waals surface area (Å²) in [5.74, 6) is 0.341. The molecule has 6 nitrogen and oxygen atoms in total. The summed E-state index contributed by atoms with van der Waals surface area (Å²) in [4.78, 5) is 20.9. The zero-order valence-electron chi connectivity index (χ0n) is 17.6. The van der Waals surface area contributed by atoms with Gasteiger partial charge < -0.3 is 19.5 Å². The van der Waals surface area contributed by atoms with Crippen molar-refractivity contribution in [2.45, 2.75) is 46.3 Å². The maximum atomic E-state index is 12.9. The van der Waals surface area contributed by atoms with Gasteiger partial charge in [0.1, 0.15) is 22.1 Å². The van der Waals surface area contributed by atoms with Crippen molar-refractivity contribution in [2.24, 2.45) is 4.99 Å². The number of carbonyl (C=O) groups is 1. The van der Waals surface area contributed by atoms with Crippen LogP contribution in [0.2, 0.25) is 0 Å². The Morgan fingerprint density at radius 3 is 2.79 bits per heavy atom. The smallest absolute Gasteiger partial charge is 0.342 e. The summed E-state index contributed by atoms with van der Waals surface area (Å²) in [6.45, 7) is 9.68. The quantitative estimate of drug-likeness (QED) is 0.572. The second-order valence-corrected chi connectivity index (χ2v) is 9.17. The van der Waals surface area contributed by atoms with Gasteiger partial charge in [-0.2, -0.15) is 0 Å². The van der Waals surface area contributed by atoms with Crippen LogP contribution in [0.4, 0.5) is 5.00 Å². The van der Waals surface area contributed by atoms with Crippen LogP contribution in [0.25, 0.3) is 0 Å². The van der Waals surface area contributed by atoms with E-state index in [-0.39, 0.29) is 11.7 Å². The minimum Gasteiger partial charge on any atom is -0.507 e. The zero-order chi connectivity index (χ0) is 21.2. The highest BCUT2D eigenvalue weighted by Crippen LogP contribution is 2.40. The molecule has 0 saturated carbocycles. The van der Waals surface area contributed by atoms with E-state index in [0.29, 0.717) is 28.5 Å². The zero-order valence-corrected chi connectivity index (χ0v) is 18.4. The molecule has 0 fully saturated rings. The average molecular weight is 417 g/mol. The number of esters is 1. The number of aliphatic imine (C=N–C) groups is 1. The number of aromatic hydroxyl groups is 1. The molecule has 1 aliphatic heterocycles. The van der Waals surface area contributed by atoms with Crippen molar-refractivity contribution < 1.29 is 19.4 Å². The van der Waals surface area contributed by atoms with E-state index in [9.17, 15) is 9.90 Å². The van der Waals surface area contributed by atoms with Crippen LogP contribution in [0.1, 0.15) is 54.1 Å². The number of hydrogen-bond acceptors (Lipinski definition) is 7. The number of fused-ring (bicyclic) bond motifs is 1. The van der Waals surface area contributed by atoms with Gasteiger partial charge in [0, 0.05) is 35.8 Å². The molecule has 2 aromatic rings. The van der Waals surface area contributed by atoms with Crippen LogP contribution in [-0.2, 0) is 17.7 Å². The monoisotopic (exact) mass is 416 g/mol. The Labute approximate surface area is 175 Å². The number of carbonyl (C=O) groups excluding carboxylic acids is 1. The summed E-state index contributed by atoms with van der Waals surface area (Å²) < 4.78 is 11.0. The Kier molecular flexibility index (Phi) is 6.29. The topological polar surface area (TPSA) is 71.4 Å². The lowest BCUT2D eigenvalue weighted by atomic mass is 10.0. The lowest BCUT2D eigenvalue weighted by Crippen LogP contribution is -2.28. The van der Waals surface area contributed by atoms with Gasteiger partial charge in [0.15, 0.2) is 0 Å². The SMILES string of the molecule is CCOc1ccc(C=Nc2sc3c(c2C(=O)OC(C)(C)C)CCN(C)C3)c(O)c1. The molecule has 0 amide bonds. The summed E-state index contributed by atoms with van der Waals surface area (Å²) in [6, 6.07) is 5.10. The molecule has 0 aliphatic carbocycles. The minimum absolute atomic E-state index is 0.0829. The van der Waals surface area contributed by atoms with Crippen LogP contribution in [-0.4, -0.2) is 48.0 Å². The third kappa shape index (κ3) is 5.16. The molecule has 7 heteroatoms. The van der Waals surface area contributed by atoms with Crippen LogP contribution < -0.4 is 4.74 Å². The summed E-state index contributed by atoms with van der Waals surface area (Å²) in [5, 5.41) is 10.9. The molecule has 0 spiro atoms. The number of phenolic OH excluding ortho intramolecular Hbond substituents is 1. The van der Waals surface area contributed by atoms with Crippen molar-refractivity contribution in [1.82, 2.24) is 4.90 Å². The molecule has 0 atom stereocenters. The lowest BCUT2D eigenvalue weighted by molar-refractivity contribution is 0.00694. The third-order valence-corrected chi connectivity index (χ3v) is 5.59. The molecule has 1 N–H and O–H groups in total. The number of phenols is 1. The first-order valence-corrected chi connectivity index (χ1v) is 10.6. The summed E-state index contributed by atoms with van der Waals surface area (Å²) in [6.07, 6.45) is 2.38. The highest BCUT2D eigenvalue weighted by molar-refractivity contribution is 7.16. The molecule has 29 heavy (non-hydrogen) atoms. The van der Waals surface area contributed by atoms with Gasteiger partial charge in [0.2, 0.25) is 0 Å². The predicted octanol–water partition coefficient (Wildman–Crippen LogP) is 4.55. The predicted molar refractivity (Wildman–Crippen MR) is 116 cm³/mol. The van der Waals surface area contributed by atoms with Crippen LogP contribution in [0.3, 0.4) is 0 Å². The first-order valence-electron chi connectivity index (χ1n) is 9.74. The number of likely N-dealkylation sites (N-methyl/N-ethyl adjacent to an activating group) is 1. The molecule has 1 aromatic heterocycles. The van der Waals surface area contributed by atoms with E-state index in [1.165, 1.54) is 11.3 Å². The van der Waals surface area contributed by atoms with Gasteiger partial charge in [-0.05, 0) is 58.9 Å². The number of nitrogens with zero attached hydrogens (tertiary/aromatic N) is 2. The number of thiophene rings is 1. The first-order chi connectivity index (χ1) is 13.7. The number of benzene rings is 1. The van der Waals surface area contributed by atoms with Gasteiger partial charge in [-0.1, -0.05) is 0 Å². The average Bonchev–Trinajstić information content (AvgIpc) is 2.97. The van der Waals surface area contributed by atoms with E-state index < -0.39 is 5.60 Å². The molecule has 156 valence electrons. The minimum atomic E-state index is -0.578. The van der Waals surface area contributed by atoms with Gasteiger partial charge >= 0.3 is 5.97 Å². The molecule has 0 saturated heterocycles. The first kappa shape index (κ1) is 21.3. The van der Waals surface area contributed by atoms with Crippen molar-refractivity contribution >= 4 is 28.5 Å². The Morgan fingerprint density at radius 1 is 1.38 bits per heavy atom. The van der Waals surface area contributed by atoms with Gasteiger partial charge in [0.05, 0.1) is 12.2 Å². The lowest BCUT2D eigenvalue weighted by Gasteiger charge is -2.23. The van der Waals surface area contributed by atoms with E-state index in [4.69, 9.17) is 9.47 Å². The van der Waals surface area contributed by atoms with E-state index in [0.717, 1.165) is 30.0 Å². The number of rotatable bonds is 5. The van der Waals surface area contributed by atoms with Crippen molar-refractivity contribution in [3.8, 4) is 11.5 Å². The molecule has 2 heterocycles. The maximum absolute atomic E-state index is 12.9. The molecule has 1 aromatic carbocycles. The molecule has 0 radical (unpaired) electrons. The van der Waals surface area contributed by atoms with E-state index in [1.54, 1.807) is 24.4 Å². The standard InChI is InChI=1S/C22H28N2O4S/c1-6-27-15-8-7-14(17(25)11-15)12-23-20-19(21(26)28-22(2,3)4)16-9-10-24(5)13-18(16)29-20/h7-8,11-12,25H,6,9-10,13H2,1-5H3. The summed E-state index contributed by atoms with van der Waals surface area (Å²) >= 11 is 1.51. The van der Waals surface area contributed by atoms with Crippen LogP contribution in [0.15, 0.2) is 23.2 Å². The van der Waals surface area contributed by atoms with Crippen LogP contribution in [0.5, 0.6) is 11.5 Å². The molecule has 1 aliphatic rings. The van der Waals surface area contributed by atoms with E-state index >= 15 is 0 Å². The Bertz CT molecular complexity index is 928. The fraction of sp³-hybridized carbons (Fsp3) is 0.455. The van der Waals surface area contributed by atoms with Gasteiger partial charge in [-0.15, -0.1) is 11.3 Å². The van der Waals surface area contributed by atoms with Crippen LogP contribution >= 0.6 is 11.3 Å². The number of hydrogen-bond donors (Lipinski definition) is 1. The third-order valence-electron chi connectivity index (χ3n) is 4.47. The second kappa shape index (κ2) is 8.55. The van der Waals surface area contributed by atoms with Crippen molar-refractivity contribution in [3.05, 3.63) is 39.8 Å². The molecule has 0 bridgehead atoms. The largest absolute Gasteiger partial charge is 0.507 e.